The number of carbonyl (C=O) groups excluding carboxylic acids is 1. The molecule has 0 fully saturated rings. The number of ether oxygens (including phenoxy) is 1. The van der Waals surface area contributed by atoms with E-state index in [-0.39, 0.29) is 5.91 Å². The van der Waals surface area contributed by atoms with Crippen LogP contribution < -0.4 is 20.9 Å². The molecule has 0 spiro atoms. The van der Waals surface area contributed by atoms with Gasteiger partial charge in [-0.25, -0.2) is 5.84 Å². The summed E-state index contributed by atoms with van der Waals surface area (Å²) in [5, 5.41) is 0. The van der Waals surface area contributed by atoms with Gasteiger partial charge in [0.25, 0.3) is 5.91 Å². The van der Waals surface area contributed by atoms with Crippen LogP contribution in [0.15, 0.2) is 48.5 Å². The first-order valence-corrected chi connectivity index (χ1v) is 6.59. The number of rotatable bonds is 5. The maximum atomic E-state index is 11.4. The highest BCUT2D eigenvalue weighted by Crippen LogP contribution is 2.19. The zero-order chi connectivity index (χ0) is 15.2. The first-order chi connectivity index (χ1) is 10.1. The van der Waals surface area contributed by atoms with E-state index in [1.807, 2.05) is 43.4 Å². The summed E-state index contributed by atoms with van der Waals surface area (Å²) in [5.41, 5.74) is 4.88. The van der Waals surface area contributed by atoms with Crippen LogP contribution in [0, 0.1) is 0 Å². The van der Waals surface area contributed by atoms with E-state index in [2.05, 4.69) is 10.3 Å². The minimum absolute atomic E-state index is 0.287. The molecule has 5 heteroatoms. The molecule has 2 aromatic rings. The standard InChI is InChI=1S/C16H19N3O2/c1-19(14-7-9-15(21-2)10-8-14)11-12-3-5-13(6-4-12)16(20)18-17/h3-10H,11,17H2,1-2H3,(H,18,20). The summed E-state index contributed by atoms with van der Waals surface area (Å²) in [6.45, 7) is 0.747. The number of amides is 1. The third-order valence-corrected chi connectivity index (χ3v) is 3.28. The molecule has 0 radical (unpaired) electrons. The number of hydrazine groups is 1. The average Bonchev–Trinajstić information content (AvgIpc) is 2.55. The molecule has 1 amide bonds. The molecule has 0 aromatic heterocycles. The Labute approximate surface area is 124 Å². The molecule has 110 valence electrons. The van der Waals surface area contributed by atoms with Gasteiger partial charge in [0, 0.05) is 24.8 Å². The van der Waals surface area contributed by atoms with Gasteiger partial charge in [0.15, 0.2) is 0 Å². The number of anilines is 1. The van der Waals surface area contributed by atoms with Crippen LogP contribution in [0.5, 0.6) is 5.75 Å². The minimum atomic E-state index is -0.287. The molecule has 3 N–H and O–H groups in total. The van der Waals surface area contributed by atoms with Crippen molar-refractivity contribution < 1.29 is 9.53 Å². The molecular weight excluding hydrogens is 266 g/mol. The van der Waals surface area contributed by atoms with Crippen molar-refractivity contribution in [2.45, 2.75) is 6.54 Å². The molecule has 0 bridgehead atoms. The number of hydrogen-bond acceptors (Lipinski definition) is 4. The van der Waals surface area contributed by atoms with Crippen molar-refractivity contribution in [1.82, 2.24) is 5.43 Å². The summed E-state index contributed by atoms with van der Waals surface area (Å²) in [5.74, 6) is 5.65. The van der Waals surface area contributed by atoms with E-state index in [0.29, 0.717) is 5.56 Å². The monoisotopic (exact) mass is 285 g/mol. The quantitative estimate of drug-likeness (QED) is 0.500. The fourth-order valence-electron chi connectivity index (χ4n) is 2.05. The van der Waals surface area contributed by atoms with E-state index < -0.39 is 0 Å². The van der Waals surface area contributed by atoms with Crippen molar-refractivity contribution in [1.29, 1.82) is 0 Å². The van der Waals surface area contributed by atoms with Gasteiger partial charge in [0.2, 0.25) is 0 Å². The molecule has 2 aromatic carbocycles. The summed E-state index contributed by atoms with van der Waals surface area (Å²) >= 11 is 0. The van der Waals surface area contributed by atoms with Crippen molar-refractivity contribution in [3.8, 4) is 5.75 Å². The lowest BCUT2D eigenvalue weighted by Gasteiger charge is -2.19. The van der Waals surface area contributed by atoms with Crippen LogP contribution in [0.1, 0.15) is 15.9 Å². The lowest BCUT2D eigenvalue weighted by Crippen LogP contribution is -2.29. The van der Waals surface area contributed by atoms with Crippen LogP contribution in [0.2, 0.25) is 0 Å². The third kappa shape index (κ3) is 3.73. The van der Waals surface area contributed by atoms with Crippen LogP contribution in [-0.4, -0.2) is 20.1 Å². The number of nitrogens with two attached hydrogens (primary N) is 1. The lowest BCUT2D eigenvalue weighted by atomic mass is 10.1. The van der Waals surface area contributed by atoms with Crippen LogP contribution in [-0.2, 0) is 6.54 Å². The van der Waals surface area contributed by atoms with E-state index in [9.17, 15) is 4.79 Å². The van der Waals surface area contributed by atoms with Gasteiger partial charge in [-0.1, -0.05) is 12.1 Å². The van der Waals surface area contributed by atoms with Crippen LogP contribution in [0.25, 0.3) is 0 Å². The van der Waals surface area contributed by atoms with Crippen molar-refractivity contribution in [3.05, 3.63) is 59.7 Å². The normalized spacial score (nSPS) is 10.0. The third-order valence-electron chi connectivity index (χ3n) is 3.28. The topological polar surface area (TPSA) is 67.6 Å². The van der Waals surface area contributed by atoms with Crippen molar-refractivity contribution in [2.75, 3.05) is 19.1 Å². The summed E-state index contributed by atoms with van der Waals surface area (Å²) in [6, 6.07) is 15.2. The minimum Gasteiger partial charge on any atom is -0.497 e. The molecule has 0 saturated heterocycles. The van der Waals surface area contributed by atoms with Crippen LogP contribution >= 0.6 is 0 Å². The van der Waals surface area contributed by atoms with Crippen molar-refractivity contribution in [2.24, 2.45) is 5.84 Å². The molecule has 0 aliphatic carbocycles. The number of carbonyl (C=O) groups is 1. The fraction of sp³-hybridized carbons (Fsp3) is 0.188. The first kappa shape index (κ1) is 14.9. The molecule has 0 saturated carbocycles. The van der Waals surface area contributed by atoms with Gasteiger partial charge < -0.3 is 9.64 Å². The lowest BCUT2D eigenvalue weighted by molar-refractivity contribution is 0.0953. The number of nitrogens with zero attached hydrogens (tertiary/aromatic N) is 1. The summed E-state index contributed by atoms with van der Waals surface area (Å²) in [6.07, 6.45) is 0. The molecule has 0 heterocycles. The highest BCUT2D eigenvalue weighted by Gasteiger charge is 2.05. The van der Waals surface area contributed by atoms with E-state index in [0.717, 1.165) is 23.5 Å². The van der Waals surface area contributed by atoms with Gasteiger partial charge in [-0.3, -0.25) is 10.2 Å². The number of benzene rings is 2. The van der Waals surface area contributed by atoms with Crippen LogP contribution in [0.4, 0.5) is 5.69 Å². The Kier molecular flexibility index (Phi) is 4.79. The predicted octanol–water partition coefficient (Wildman–Crippen LogP) is 1.94. The van der Waals surface area contributed by atoms with Crippen LogP contribution in [0.3, 0.4) is 0 Å². The van der Waals surface area contributed by atoms with Gasteiger partial charge >= 0.3 is 0 Å². The molecule has 0 atom stereocenters. The largest absolute Gasteiger partial charge is 0.497 e. The number of methoxy groups -OCH3 is 1. The summed E-state index contributed by atoms with van der Waals surface area (Å²) in [7, 11) is 3.67. The first-order valence-electron chi connectivity index (χ1n) is 6.59. The Bertz CT molecular complexity index is 594. The van der Waals surface area contributed by atoms with Crippen molar-refractivity contribution in [3.63, 3.8) is 0 Å². The zero-order valence-electron chi connectivity index (χ0n) is 12.2. The van der Waals surface area contributed by atoms with Gasteiger partial charge in [-0.15, -0.1) is 0 Å². The van der Waals surface area contributed by atoms with Gasteiger partial charge in [-0.2, -0.15) is 0 Å². The second-order valence-corrected chi connectivity index (χ2v) is 4.72. The Morgan fingerprint density at radius 3 is 2.29 bits per heavy atom. The van der Waals surface area contributed by atoms with Gasteiger partial charge in [-0.05, 0) is 42.0 Å². The highest BCUT2D eigenvalue weighted by molar-refractivity contribution is 5.93. The van der Waals surface area contributed by atoms with E-state index >= 15 is 0 Å². The van der Waals surface area contributed by atoms with E-state index in [4.69, 9.17) is 10.6 Å². The number of nitrogen functional groups attached to an aromatic ring is 1. The second-order valence-electron chi connectivity index (χ2n) is 4.72. The Morgan fingerprint density at radius 1 is 1.14 bits per heavy atom. The molecule has 0 aliphatic heterocycles. The summed E-state index contributed by atoms with van der Waals surface area (Å²) in [4.78, 5) is 13.5. The average molecular weight is 285 g/mol. The Morgan fingerprint density at radius 2 is 1.76 bits per heavy atom. The predicted molar refractivity (Wildman–Crippen MR) is 83.2 cm³/mol. The molecular formula is C16H19N3O2. The molecule has 5 nitrogen and oxygen atoms in total. The van der Waals surface area contributed by atoms with E-state index in [1.165, 1.54) is 0 Å². The van der Waals surface area contributed by atoms with Crippen molar-refractivity contribution >= 4 is 11.6 Å². The highest BCUT2D eigenvalue weighted by atomic mass is 16.5. The zero-order valence-corrected chi connectivity index (χ0v) is 12.2. The second kappa shape index (κ2) is 6.76. The molecule has 0 aliphatic rings. The molecule has 2 rings (SSSR count). The van der Waals surface area contributed by atoms with Gasteiger partial charge in [0.05, 0.1) is 7.11 Å². The Hall–Kier alpha value is -2.53. The Balaban J connectivity index is 2.04. The SMILES string of the molecule is COc1ccc(N(C)Cc2ccc(C(=O)NN)cc2)cc1. The molecule has 21 heavy (non-hydrogen) atoms. The number of hydrogen-bond donors (Lipinski definition) is 2. The van der Waals surface area contributed by atoms with Gasteiger partial charge in [0.1, 0.15) is 5.75 Å². The van der Waals surface area contributed by atoms with E-state index in [1.54, 1.807) is 19.2 Å². The number of nitrogens with one attached hydrogen (secondary N) is 1. The fourth-order valence-corrected chi connectivity index (χ4v) is 2.05. The smallest absolute Gasteiger partial charge is 0.265 e. The molecule has 0 unspecified atom stereocenters. The summed E-state index contributed by atoms with van der Waals surface area (Å²) < 4.78 is 5.15. The maximum absolute atomic E-state index is 11.4. The maximum Gasteiger partial charge on any atom is 0.265 e.